The fraction of sp³-hybridized carbons (Fsp3) is 0.259. The summed E-state index contributed by atoms with van der Waals surface area (Å²) in [6, 6.07) is 12.9. The number of anilines is 1. The molecule has 0 unspecified atom stereocenters. The highest BCUT2D eigenvalue weighted by molar-refractivity contribution is 7.92. The summed E-state index contributed by atoms with van der Waals surface area (Å²) in [6.45, 7) is 2.13. The third kappa shape index (κ3) is 7.26. The Morgan fingerprint density at radius 1 is 0.975 bits per heavy atom. The van der Waals surface area contributed by atoms with Crippen LogP contribution in [0.2, 0.25) is 10.0 Å². The molecule has 0 aliphatic heterocycles. The fourth-order valence-electron chi connectivity index (χ4n) is 3.83. The van der Waals surface area contributed by atoms with Gasteiger partial charge in [-0.1, -0.05) is 53.0 Å². The Morgan fingerprint density at radius 2 is 1.62 bits per heavy atom. The Kier molecular flexibility index (Phi) is 9.76. The van der Waals surface area contributed by atoms with Gasteiger partial charge in [0.15, 0.2) is 0 Å². The van der Waals surface area contributed by atoms with Crippen molar-refractivity contribution in [3.63, 3.8) is 0 Å². The predicted molar refractivity (Wildman–Crippen MR) is 148 cm³/mol. The molecule has 2 amide bonds. The van der Waals surface area contributed by atoms with Gasteiger partial charge in [-0.3, -0.25) is 13.9 Å². The van der Waals surface area contributed by atoms with E-state index >= 15 is 0 Å². The number of carbonyl (C=O) groups is 2. The molecule has 0 saturated heterocycles. The molecule has 214 valence electrons. The van der Waals surface area contributed by atoms with Crippen LogP contribution in [0.3, 0.4) is 0 Å². The van der Waals surface area contributed by atoms with Gasteiger partial charge in [-0.15, -0.1) is 0 Å². The zero-order chi connectivity index (χ0) is 29.8. The lowest BCUT2D eigenvalue weighted by atomic mass is 10.1. The van der Waals surface area contributed by atoms with Crippen molar-refractivity contribution in [2.75, 3.05) is 17.9 Å². The molecular formula is C27H26Cl2F3N3O4S. The molecule has 0 radical (unpaired) electrons. The van der Waals surface area contributed by atoms with E-state index in [0.717, 1.165) is 22.6 Å². The summed E-state index contributed by atoms with van der Waals surface area (Å²) in [5, 5.41) is 2.91. The Labute approximate surface area is 240 Å². The molecule has 0 aromatic heterocycles. The van der Waals surface area contributed by atoms with Gasteiger partial charge < -0.3 is 10.2 Å². The molecule has 1 N–H and O–H groups in total. The summed E-state index contributed by atoms with van der Waals surface area (Å²) in [7, 11) is -3.15. The summed E-state index contributed by atoms with van der Waals surface area (Å²) >= 11 is 12.1. The van der Waals surface area contributed by atoms with E-state index in [9.17, 15) is 31.2 Å². The molecule has 0 aliphatic rings. The van der Waals surface area contributed by atoms with E-state index < -0.39 is 46.2 Å². The number of nitrogens with one attached hydrogen (secondary N) is 1. The van der Waals surface area contributed by atoms with E-state index in [0.29, 0.717) is 15.9 Å². The minimum Gasteiger partial charge on any atom is -0.357 e. The van der Waals surface area contributed by atoms with Gasteiger partial charge >= 0.3 is 6.18 Å². The van der Waals surface area contributed by atoms with E-state index in [1.54, 1.807) is 13.0 Å². The van der Waals surface area contributed by atoms with Gasteiger partial charge in [0.25, 0.3) is 10.0 Å². The summed E-state index contributed by atoms with van der Waals surface area (Å²) in [5.74, 6) is -1.38. The van der Waals surface area contributed by atoms with Crippen molar-refractivity contribution in [3.8, 4) is 0 Å². The maximum atomic E-state index is 13.7. The van der Waals surface area contributed by atoms with E-state index in [-0.39, 0.29) is 27.2 Å². The second-order valence-electron chi connectivity index (χ2n) is 8.93. The van der Waals surface area contributed by atoms with Crippen molar-refractivity contribution in [3.05, 3.63) is 93.5 Å². The van der Waals surface area contributed by atoms with Gasteiger partial charge in [-0.2, -0.15) is 13.2 Å². The molecule has 0 spiro atoms. The van der Waals surface area contributed by atoms with Crippen LogP contribution in [0.1, 0.15) is 23.6 Å². The Morgan fingerprint density at radius 3 is 2.20 bits per heavy atom. The second-order valence-corrected chi connectivity index (χ2v) is 11.6. The topological polar surface area (TPSA) is 86.8 Å². The number of halogens is 5. The number of amides is 2. The number of likely N-dealkylation sites (N-methyl/N-ethyl adjacent to an activating group) is 1. The first-order valence-corrected chi connectivity index (χ1v) is 14.1. The van der Waals surface area contributed by atoms with Gasteiger partial charge in [0.1, 0.15) is 12.6 Å². The molecule has 3 aromatic rings. The highest BCUT2D eigenvalue weighted by atomic mass is 35.5. The van der Waals surface area contributed by atoms with Crippen molar-refractivity contribution in [2.45, 2.75) is 37.5 Å². The molecule has 7 nitrogen and oxygen atoms in total. The zero-order valence-electron chi connectivity index (χ0n) is 21.7. The molecule has 0 heterocycles. The lowest BCUT2D eigenvalue weighted by Crippen LogP contribution is -2.50. The van der Waals surface area contributed by atoms with Crippen molar-refractivity contribution in [1.82, 2.24) is 10.2 Å². The number of nitrogens with zero attached hydrogens (tertiary/aromatic N) is 2. The smallest absolute Gasteiger partial charge is 0.357 e. The molecule has 3 rings (SSSR count). The Bertz CT molecular complexity index is 1500. The van der Waals surface area contributed by atoms with E-state index in [4.69, 9.17) is 23.2 Å². The van der Waals surface area contributed by atoms with Gasteiger partial charge in [0.2, 0.25) is 11.8 Å². The first-order chi connectivity index (χ1) is 18.6. The highest BCUT2D eigenvalue weighted by Crippen LogP contribution is 2.33. The van der Waals surface area contributed by atoms with Crippen LogP contribution in [0.15, 0.2) is 71.6 Å². The Hall–Kier alpha value is -3.28. The molecule has 0 saturated carbocycles. The van der Waals surface area contributed by atoms with Crippen LogP contribution in [0.25, 0.3) is 0 Å². The quantitative estimate of drug-likeness (QED) is 0.335. The second kappa shape index (κ2) is 12.5. The molecular weight excluding hydrogens is 590 g/mol. The summed E-state index contributed by atoms with van der Waals surface area (Å²) in [5.41, 5.74) is -0.211. The van der Waals surface area contributed by atoms with Gasteiger partial charge in [-0.25, -0.2) is 8.42 Å². The van der Waals surface area contributed by atoms with Crippen LogP contribution in [0, 0.1) is 6.92 Å². The monoisotopic (exact) mass is 615 g/mol. The number of hydrogen-bond acceptors (Lipinski definition) is 4. The SMILES string of the molecule is CNC(=O)[C@H](C)N(Cc1ccc(Cl)c(Cl)c1)C(=O)CN(c1cccc(C(F)(F)F)c1)S(=O)(=O)c1ccc(C)cc1. The van der Waals surface area contributed by atoms with E-state index in [1.165, 1.54) is 56.4 Å². The van der Waals surface area contributed by atoms with Crippen LogP contribution < -0.4 is 9.62 Å². The van der Waals surface area contributed by atoms with Crippen LogP contribution in [-0.4, -0.2) is 44.8 Å². The fourth-order valence-corrected chi connectivity index (χ4v) is 5.56. The molecule has 40 heavy (non-hydrogen) atoms. The average Bonchev–Trinajstić information content (AvgIpc) is 2.91. The summed E-state index contributed by atoms with van der Waals surface area (Å²) in [4.78, 5) is 27.1. The summed E-state index contributed by atoms with van der Waals surface area (Å²) < 4.78 is 68.6. The third-order valence-electron chi connectivity index (χ3n) is 6.10. The number of aryl methyl sites for hydroxylation is 1. The number of benzene rings is 3. The highest BCUT2D eigenvalue weighted by Gasteiger charge is 2.35. The molecule has 13 heteroatoms. The first kappa shape index (κ1) is 31.3. The van der Waals surface area contributed by atoms with Crippen LogP contribution >= 0.6 is 23.2 Å². The lowest BCUT2D eigenvalue weighted by molar-refractivity contribution is -0.139. The lowest BCUT2D eigenvalue weighted by Gasteiger charge is -2.32. The van der Waals surface area contributed by atoms with E-state index in [2.05, 4.69) is 5.32 Å². The third-order valence-corrected chi connectivity index (χ3v) is 8.63. The predicted octanol–water partition coefficient (Wildman–Crippen LogP) is 5.68. The number of rotatable bonds is 9. The van der Waals surface area contributed by atoms with Gasteiger partial charge in [-0.05, 0) is 61.9 Å². The molecule has 0 aliphatic carbocycles. The maximum Gasteiger partial charge on any atom is 0.416 e. The first-order valence-electron chi connectivity index (χ1n) is 11.9. The molecule has 0 bridgehead atoms. The van der Waals surface area contributed by atoms with Crippen LogP contribution in [0.4, 0.5) is 18.9 Å². The van der Waals surface area contributed by atoms with Crippen molar-refractivity contribution >= 4 is 50.7 Å². The Balaban J connectivity index is 2.10. The van der Waals surface area contributed by atoms with E-state index in [1.807, 2.05) is 0 Å². The average molecular weight is 616 g/mol. The number of hydrogen-bond donors (Lipinski definition) is 1. The molecule has 3 aromatic carbocycles. The number of alkyl halides is 3. The summed E-state index contributed by atoms with van der Waals surface area (Å²) in [6.07, 6.45) is -4.76. The minimum absolute atomic E-state index is 0.161. The van der Waals surface area contributed by atoms with Crippen molar-refractivity contribution < 1.29 is 31.2 Å². The number of carbonyl (C=O) groups excluding carboxylic acids is 2. The van der Waals surface area contributed by atoms with Crippen molar-refractivity contribution in [1.29, 1.82) is 0 Å². The van der Waals surface area contributed by atoms with Crippen molar-refractivity contribution in [2.24, 2.45) is 0 Å². The molecule has 0 fully saturated rings. The molecule has 1 atom stereocenters. The van der Waals surface area contributed by atoms with Gasteiger partial charge in [0, 0.05) is 13.6 Å². The normalized spacial score (nSPS) is 12.5. The van der Waals surface area contributed by atoms with Gasteiger partial charge in [0.05, 0.1) is 26.2 Å². The standard InChI is InChI=1S/C27H26Cl2F3N3O4S/c1-17-7-10-22(11-8-17)40(38,39)35(21-6-4-5-20(14-21)27(30,31)32)16-25(36)34(18(2)26(37)33-3)15-19-9-12-23(28)24(29)13-19/h4-14,18H,15-16H2,1-3H3,(H,33,37)/t18-/m0/s1. The van der Waals surface area contributed by atoms with Crippen LogP contribution in [0.5, 0.6) is 0 Å². The largest absolute Gasteiger partial charge is 0.416 e. The zero-order valence-corrected chi connectivity index (χ0v) is 24.0. The maximum absolute atomic E-state index is 13.7. The number of sulfonamides is 1. The minimum atomic E-state index is -4.76. The van der Waals surface area contributed by atoms with Crippen LogP contribution in [-0.2, 0) is 32.3 Å².